The van der Waals surface area contributed by atoms with Gasteiger partial charge in [-0.2, -0.15) is 0 Å². The predicted octanol–water partition coefficient (Wildman–Crippen LogP) is 7.41. The van der Waals surface area contributed by atoms with E-state index in [1.807, 2.05) is 25.1 Å². The zero-order chi connectivity index (χ0) is 22.4. The van der Waals surface area contributed by atoms with Crippen LogP contribution in [0.25, 0.3) is 0 Å². The maximum Gasteiger partial charge on any atom is 0.255 e. The summed E-state index contributed by atoms with van der Waals surface area (Å²) in [4.78, 5) is 26.1. The van der Waals surface area contributed by atoms with Crippen LogP contribution >= 0.6 is 46.6 Å². The highest BCUT2D eigenvalue weighted by atomic mass is 35.5. The quantitative estimate of drug-likeness (QED) is 0.337. The third-order valence-corrected chi connectivity index (χ3v) is 6.45. The monoisotopic (exact) mass is 492 g/mol. The molecule has 0 heterocycles. The number of anilines is 2. The van der Waals surface area contributed by atoms with Gasteiger partial charge in [0.25, 0.3) is 5.91 Å². The lowest BCUT2D eigenvalue weighted by molar-refractivity contribution is -0.115. The van der Waals surface area contributed by atoms with Crippen molar-refractivity contribution in [3.05, 3.63) is 87.4 Å². The van der Waals surface area contributed by atoms with Gasteiger partial charge in [0.1, 0.15) is 0 Å². The number of amides is 2. The van der Waals surface area contributed by atoms with Crippen LogP contribution in [0.2, 0.25) is 15.1 Å². The SMILES string of the molecule is CCC(Sc1cccc(NC(=O)c2cccc(Cl)c2)c1)C(=O)Nc1ccc(Cl)cc1Cl. The highest BCUT2D eigenvalue weighted by Crippen LogP contribution is 2.30. The standard InChI is InChI=1S/C23H19Cl3N2O2S/c1-2-21(23(30)28-20-10-9-16(25)12-19(20)26)31-18-8-4-7-17(13-18)27-22(29)14-5-3-6-15(24)11-14/h3-13,21H,2H2,1H3,(H,27,29)(H,28,30). The van der Waals surface area contributed by atoms with Crippen LogP contribution in [0, 0.1) is 0 Å². The Balaban J connectivity index is 1.68. The number of hydrogen-bond donors (Lipinski definition) is 2. The summed E-state index contributed by atoms with van der Waals surface area (Å²) in [5.41, 5.74) is 1.61. The molecule has 0 aliphatic carbocycles. The first-order chi connectivity index (χ1) is 14.9. The number of nitrogens with one attached hydrogen (secondary N) is 2. The third kappa shape index (κ3) is 6.65. The summed E-state index contributed by atoms with van der Waals surface area (Å²) < 4.78 is 0. The van der Waals surface area contributed by atoms with Crippen LogP contribution in [0.15, 0.2) is 71.6 Å². The molecule has 2 N–H and O–H groups in total. The van der Waals surface area contributed by atoms with Gasteiger partial charge in [-0.1, -0.05) is 53.9 Å². The van der Waals surface area contributed by atoms with Crippen LogP contribution < -0.4 is 10.6 Å². The predicted molar refractivity (Wildman–Crippen MR) is 131 cm³/mol. The number of carbonyl (C=O) groups is 2. The van der Waals surface area contributed by atoms with E-state index in [-0.39, 0.29) is 17.1 Å². The van der Waals surface area contributed by atoms with E-state index in [0.717, 1.165) is 4.90 Å². The van der Waals surface area contributed by atoms with E-state index < -0.39 is 0 Å². The topological polar surface area (TPSA) is 58.2 Å². The molecule has 31 heavy (non-hydrogen) atoms. The minimum Gasteiger partial charge on any atom is -0.324 e. The zero-order valence-electron chi connectivity index (χ0n) is 16.5. The van der Waals surface area contributed by atoms with E-state index in [2.05, 4.69) is 10.6 Å². The lowest BCUT2D eigenvalue weighted by atomic mass is 10.2. The van der Waals surface area contributed by atoms with E-state index in [4.69, 9.17) is 34.8 Å². The minimum atomic E-state index is -0.342. The number of thioether (sulfide) groups is 1. The number of halogens is 3. The van der Waals surface area contributed by atoms with Crippen molar-refractivity contribution in [2.75, 3.05) is 10.6 Å². The molecule has 0 saturated heterocycles. The first-order valence-electron chi connectivity index (χ1n) is 9.45. The van der Waals surface area contributed by atoms with Gasteiger partial charge in [0, 0.05) is 26.2 Å². The fourth-order valence-electron chi connectivity index (χ4n) is 2.77. The average molecular weight is 494 g/mol. The first kappa shape index (κ1) is 23.5. The number of benzene rings is 3. The van der Waals surface area contributed by atoms with Crippen LogP contribution in [-0.2, 0) is 4.79 Å². The van der Waals surface area contributed by atoms with E-state index in [1.54, 1.807) is 48.5 Å². The molecule has 0 radical (unpaired) electrons. The Bertz CT molecular complexity index is 1110. The molecule has 0 spiro atoms. The molecule has 1 atom stereocenters. The van der Waals surface area contributed by atoms with E-state index >= 15 is 0 Å². The minimum absolute atomic E-state index is 0.162. The number of rotatable bonds is 7. The molecule has 8 heteroatoms. The lowest BCUT2D eigenvalue weighted by Crippen LogP contribution is -2.24. The molecule has 0 bridgehead atoms. The van der Waals surface area contributed by atoms with Crippen LogP contribution in [0.4, 0.5) is 11.4 Å². The van der Waals surface area contributed by atoms with Crippen LogP contribution in [-0.4, -0.2) is 17.1 Å². The van der Waals surface area contributed by atoms with Gasteiger partial charge in [0.2, 0.25) is 5.91 Å². The second-order valence-corrected chi connectivity index (χ2v) is 9.18. The molecule has 0 fully saturated rings. The summed E-state index contributed by atoms with van der Waals surface area (Å²) in [7, 11) is 0. The van der Waals surface area contributed by atoms with Gasteiger partial charge in [0.05, 0.1) is 16.0 Å². The van der Waals surface area contributed by atoms with E-state index in [1.165, 1.54) is 11.8 Å². The number of carbonyl (C=O) groups excluding carboxylic acids is 2. The molecule has 0 saturated carbocycles. The summed E-state index contributed by atoms with van der Waals surface area (Å²) >= 11 is 19.4. The summed E-state index contributed by atoms with van der Waals surface area (Å²) in [5, 5.41) is 6.74. The maximum atomic E-state index is 12.8. The first-order valence-corrected chi connectivity index (χ1v) is 11.5. The van der Waals surface area contributed by atoms with Gasteiger partial charge >= 0.3 is 0 Å². The Morgan fingerprint density at radius 2 is 1.65 bits per heavy atom. The average Bonchev–Trinajstić information content (AvgIpc) is 2.74. The summed E-state index contributed by atoms with van der Waals surface area (Å²) in [6.45, 7) is 1.94. The molecule has 3 aromatic rings. The normalized spacial score (nSPS) is 11.6. The second-order valence-electron chi connectivity index (χ2n) is 6.62. The molecule has 2 amide bonds. The molecule has 3 rings (SSSR count). The van der Waals surface area contributed by atoms with Gasteiger partial charge in [0.15, 0.2) is 0 Å². The van der Waals surface area contributed by atoms with Crippen LogP contribution in [0.5, 0.6) is 0 Å². The van der Waals surface area contributed by atoms with Gasteiger partial charge in [-0.05, 0) is 61.0 Å². The van der Waals surface area contributed by atoms with Crippen molar-refractivity contribution in [3.63, 3.8) is 0 Å². The maximum absolute atomic E-state index is 12.8. The van der Waals surface area contributed by atoms with Crippen molar-refractivity contribution < 1.29 is 9.59 Å². The molecular formula is C23H19Cl3N2O2S. The lowest BCUT2D eigenvalue weighted by Gasteiger charge is -2.16. The fraction of sp³-hybridized carbons (Fsp3) is 0.130. The Morgan fingerprint density at radius 1 is 0.903 bits per heavy atom. The Morgan fingerprint density at radius 3 is 2.35 bits per heavy atom. The molecule has 0 aromatic heterocycles. The molecule has 4 nitrogen and oxygen atoms in total. The van der Waals surface area contributed by atoms with Crippen molar-refractivity contribution in [1.82, 2.24) is 0 Å². The van der Waals surface area contributed by atoms with Crippen molar-refractivity contribution in [2.24, 2.45) is 0 Å². The number of hydrogen-bond acceptors (Lipinski definition) is 3. The Labute approximate surface area is 200 Å². The van der Waals surface area contributed by atoms with Crippen molar-refractivity contribution in [3.8, 4) is 0 Å². The van der Waals surface area contributed by atoms with Crippen molar-refractivity contribution in [2.45, 2.75) is 23.5 Å². The van der Waals surface area contributed by atoms with Crippen molar-refractivity contribution in [1.29, 1.82) is 0 Å². The van der Waals surface area contributed by atoms with E-state index in [9.17, 15) is 9.59 Å². The molecule has 1 unspecified atom stereocenters. The highest BCUT2D eigenvalue weighted by Gasteiger charge is 2.19. The molecule has 3 aromatic carbocycles. The smallest absolute Gasteiger partial charge is 0.255 e. The summed E-state index contributed by atoms with van der Waals surface area (Å²) in [5.74, 6) is -0.420. The van der Waals surface area contributed by atoms with Gasteiger partial charge in [-0.25, -0.2) is 0 Å². The molecule has 160 valence electrons. The highest BCUT2D eigenvalue weighted by molar-refractivity contribution is 8.00. The Kier molecular flexibility index (Phi) is 8.27. The fourth-order valence-corrected chi connectivity index (χ4v) is 4.43. The molecular weight excluding hydrogens is 475 g/mol. The van der Waals surface area contributed by atoms with Gasteiger partial charge in [-0.15, -0.1) is 11.8 Å². The largest absolute Gasteiger partial charge is 0.324 e. The third-order valence-electron chi connectivity index (χ3n) is 4.31. The van der Waals surface area contributed by atoms with Gasteiger partial charge in [-0.3, -0.25) is 9.59 Å². The van der Waals surface area contributed by atoms with Crippen LogP contribution in [0.3, 0.4) is 0 Å². The summed E-state index contributed by atoms with van der Waals surface area (Å²) in [6, 6.07) is 19.0. The van der Waals surface area contributed by atoms with Crippen LogP contribution in [0.1, 0.15) is 23.7 Å². The summed E-state index contributed by atoms with van der Waals surface area (Å²) in [6.07, 6.45) is 0.612. The molecule has 0 aliphatic heterocycles. The molecule has 0 aliphatic rings. The van der Waals surface area contributed by atoms with E-state index in [0.29, 0.717) is 38.4 Å². The van der Waals surface area contributed by atoms with Gasteiger partial charge < -0.3 is 10.6 Å². The second kappa shape index (κ2) is 10.9. The zero-order valence-corrected chi connectivity index (χ0v) is 19.6. The van der Waals surface area contributed by atoms with Crippen molar-refractivity contribution >= 4 is 69.8 Å². The Hall–Kier alpha value is -2.18.